The minimum Gasteiger partial charge on any atom is -0.481 e. The highest BCUT2D eigenvalue weighted by atomic mass is 16.6. The number of rotatable bonds is 8. The summed E-state index contributed by atoms with van der Waals surface area (Å²) in [6, 6.07) is 25.7. The minimum atomic E-state index is -0.799. The van der Waals surface area contributed by atoms with Crippen molar-refractivity contribution in [2.75, 3.05) is 4.90 Å². The van der Waals surface area contributed by atoms with E-state index in [1.807, 2.05) is 93.6 Å². The molecular formula is C34H37N3O6. The summed E-state index contributed by atoms with van der Waals surface area (Å²) < 4.78 is 17.0. The Hall–Kier alpha value is -4.92. The van der Waals surface area contributed by atoms with Crippen molar-refractivity contribution in [1.82, 2.24) is 9.97 Å². The lowest BCUT2D eigenvalue weighted by molar-refractivity contribution is 0.00570. The summed E-state index contributed by atoms with van der Waals surface area (Å²) in [7, 11) is 0. The molecular weight excluding hydrogens is 546 g/mol. The number of hydrogen-bond acceptors (Lipinski definition) is 7. The van der Waals surface area contributed by atoms with Gasteiger partial charge in [-0.15, -0.1) is 0 Å². The fourth-order valence-electron chi connectivity index (χ4n) is 4.12. The second-order valence-corrected chi connectivity index (χ2v) is 12.0. The van der Waals surface area contributed by atoms with Gasteiger partial charge in [-0.05, 0) is 76.9 Å². The highest BCUT2D eigenvalue weighted by molar-refractivity contribution is 5.96. The van der Waals surface area contributed by atoms with Gasteiger partial charge in [0.2, 0.25) is 5.75 Å². The molecule has 0 aliphatic heterocycles. The first-order valence-corrected chi connectivity index (χ1v) is 14.0. The van der Waals surface area contributed by atoms with Gasteiger partial charge in [-0.1, -0.05) is 60.7 Å². The maximum Gasteiger partial charge on any atom is 0.419 e. The van der Waals surface area contributed by atoms with Crippen LogP contribution in [0.25, 0.3) is 0 Å². The van der Waals surface area contributed by atoms with Gasteiger partial charge in [0, 0.05) is 6.42 Å². The molecule has 1 N–H and O–H groups in total. The molecule has 0 unspecified atom stereocenters. The van der Waals surface area contributed by atoms with Crippen LogP contribution in [0.3, 0.4) is 0 Å². The van der Waals surface area contributed by atoms with E-state index < -0.39 is 28.8 Å². The fourth-order valence-corrected chi connectivity index (χ4v) is 4.12. The number of benzene rings is 3. The number of H-pyrrole nitrogens is 1. The maximum atomic E-state index is 13.1. The SMILES string of the molecule is CC(C)(C)OC(=O)c1nc(Cc2ccc(N(C(=O)OC(C)(C)C)c3ccccc3)cc2)[nH]c(=O)c1OCc1ccccc1. The zero-order valence-electron chi connectivity index (χ0n) is 25.3. The Bertz CT molecular complexity index is 1600. The number of esters is 1. The third-order valence-electron chi connectivity index (χ3n) is 5.90. The zero-order chi connectivity index (χ0) is 31.2. The molecule has 4 aromatic rings. The van der Waals surface area contributed by atoms with Crippen LogP contribution in [-0.2, 0) is 22.5 Å². The zero-order valence-corrected chi connectivity index (χ0v) is 25.3. The van der Waals surface area contributed by atoms with E-state index in [4.69, 9.17) is 14.2 Å². The van der Waals surface area contributed by atoms with Gasteiger partial charge in [-0.3, -0.25) is 4.79 Å². The predicted molar refractivity (Wildman–Crippen MR) is 165 cm³/mol. The molecule has 4 rings (SSSR count). The lowest BCUT2D eigenvalue weighted by atomic mass is 10.1. The van der Waals surface area contributed by atoms with Crippen LogP contribution in [0.2, 0.25) is 0 Å². The maximum absolute atomic E-state index is 13.1. The Morgan fingerprint density at radius 1 is 0.744 bits per heavy atom. The second-order valence-electron chi connectivity index (χ2n) is 12.0. The van der Waals surface area contributed by atoms with E-state index in [1.165, 1.54) is 4.90 Å². The van der Waals surface area contributed by atoms with Gasteiger partial charge in [0.05, 0.1) is 11.4 Å². The highest BCUT2D eigenvalue weighted by Gasteiger charge is 2.27. The molecule has 0 aliphatic carbocycles. The molecule has 0 spiro atoms. The molecule has 0 saturated carbocycles. The fraction of sp³-hybridized carbons (Fsp3) is 0.294. The standard InChI is InChI=1S/C34H37N3O6/c1-33(2,3)42-31(39)28-29(41-22-24-13-9-7-10-14-24)30(38)36-27(35-28)21-23-17-19-26(20-18-23)37(25-15-11-8-12-16-25)32(40)43-34(4,5)6/h7-20H,21-22H2,1-6H3,(H,35,36,38). The van der Waals surface area contributed by atoms with E-state index >= 15 is 0 Å². The number of aromatic amines is 1. The Morgan fingerprint density at radius 2 is 1.30 bits per heavy atom. The molecule has 0 fully saturated rings. The molecule has 9 heteroatoms. The van der Waals surface area contributed by atoms with Gasteiger partial charge in [0.25, 0.3) is 5.56 Å². The van der Waals surface area contributed by atoms with Crippen LogP contribution in [-0.4, -0.2) is 33.2 Å². The number of nitrogens with one attached hydrogen (secondary N) is 1. The Balaban J connectivity index is 1.62. The van der Waals surface area contributed by atoms with Crippen molar-refractivity contribution in [2.24, 2.45) is 0 Å². The molecule has 0 atom stereocenters. The summed E-state index contributed by atoms with van der Waals surface area (Å²) in [4.78, 5) is 48.1. The van der Waals surface area contributed by atoms with E-state index in [0.29, 0.717) is 11.4 Å². The number of anilines is 2. The molecule has 1 aromatic heterocycles. The van der Waals surface area contributed by atoms with Crippen molar-refractivity contribution in [3.05, 3.63) is 118 Å². The van der Waals surface area contributed by atoms with Gasteiger partial charge >= 0.3 is 12.1 Å². The number of nitrogens with zero attached hydrogens (tertiary/aromatic N) is 2. The number of para-hydroxylation sites is 1. The van der Waals surface area contributed by atoms with E-state index in [-0.39, 0.29) is 30.3 Å². The first-order valence-electron chi connectivity index (χ1n) is 14.0. The van der Waals surface area contributed by atoms with Crippen LogP contribution in [0, 0.1) is 0 Å². The first kappa shape index (κ1) is 31.0. The molecule has 1 heterocycles. The van der Waals surface area contributed by atoms with Crippen molar-refractivity contribution >= 4 is 23.4 Å². The predicted octanol–water partition coefficient (Wildman–Crippen LogP) is 6.97. The average Bonchev–Trinajstić information content (AvgIpc) is 2.92. The van der Waals surface area contributed by atoms with Crippen LogP contribution in [0.4, 0.5) is 16.2 Å². The molecule has 1 amide bonds. The van der Waals surface area contributed by atoms with Crippen molar-refractivity contribution < 1.29 is 23.8 Å². The van der Waals surface area contributed by atoms with Crippen LogP contribution in [0.15, 0.2) is 89.7 Å². The summed E-state index contributed by atoms with van der Waals surface area (Å²) in [6.45, 7) is 10.7. The number of carbonyl (C=O) groups is 2. The van der Waals surface area contributed by atoms with Gasteiger partial charge in [0.15, 0.2) is 5.69 Å². The Morgan fingerprint density at radius 3 is 1.88 bits per heavy atom. The summed E-state index contributed by atoms with van der Waals surface area (Å²) in [6.07, 6.45) is -0.298. The van der Waals surface area contributed by atoms with Gasteiger partial charge in [0.1, 0.15) is 23.6 Å². The van der Waals surface area contributed by atoms with Gasteiger partial charge in [-0.25, -0.2) is 19.5 Å². The summed E-state index contributed by atoms with van der Waals surface area (Å²) in [5, 5.41) is 0. The highest BCUT2D eigenvalue weighted by Crippen LogP contribution is 2.28. The third-order valence-corrected chi connectivity index (χ3v) is 5.90. The van der Waals surface area contributed by atoms with E-state index in [9.17, 15) is 14.4 Å². The third kappa shape index (κ3) is 8.78. The second kappa shape index (κ2) is 12.9. The number of hydrogen-bond donors (Lipinski definition) is 1. The number of amides is 1. The van der Waals surface area contributed by atoms with Gasteiger partial charge < -0.3 is 19.2 Å². The first-order chi connectivity index (χ1) is 20.3. The van der Waals surface area contributed by atoms with Crippen LogP contribution in [0.5, 0.6) is 5.75 Å². The summed E-state index contributed by atoms with van der Waals surface area (Å²) in [5.74, 6) is -0.695. The summed E-state index contributed by atoms with van der Waals surface area (Å²) in [5.41, 5.74) is 0.625. The monoisotopic (exact) mass is 583 g/mol. The van der Waals surface area contributed by atoms with E-state index in [0.717, 1.165) is 11.1 Å². The summed E-state index contributed by atoms with van der Waals surface area (Å²) >= 11 is 0. The normalized spacial score (nSPS) is 11.5. The lowest BCUT2D eigenvalue weighted by Gasteiger charge is -2.27. The van der Waals surface area contributed by atoms with E-state index in [1.54, 1.807) is 32.9 Å². The quantitative estimate of drug-likeness (QED) is 0.223. The number of carbonyl (C=O) groups excluding carboxylic acids is 2. The van der Waals surface area contributed by atoms with E-state index in [2.05, 4.69) is 9.97 Å². The van der Waals surface area contributed by atoms with Crippen molar-refractivity contribution in [3.8, 4) is 5.75 Å². The minimum absolute atomic E-state index is 0.0811. The number of aromatic nitrogens is 2. The molecule has 0 saturated heterocycles. The van der Waals surface area contributed by atoms with Crippen LogP contribution < -0.4 is 15.2 Å². The van der Waals surface area contributed by atoms with Crippen LogP contribution >= 0.6 is 0 Å². The average molecular weight is 584 g/mol. The molecule has 9 nitrogen and oxygen atoms in total. The number of ether oxygens (including phenoxy) is 3. The molecule has 0 bridgehead atoms. The largest absolute Gasteiger partial charge is 0.481 e. The topological polar surface area (TPSA) is 111 Å². The van der Waals surface area contributed by atoms with Gasteiger partial charge in [-0.2, -0.15) is 0 Å². The molecule has 0 aliphatic rings. The Labute approximate surface area is 251 Å². The smallest absolute Gasteiger partial charge is 0.419 e. The van der Waals surface area contributed by atoms with Crippen LogP contribution in [0.1, 0.15) is 69.0 Å². The van der Waals surface area contributed by atoms with Crippen molar-refractivity contribution in [1.29, 1.82) is 0 Å². The molecule has 43 heavy (non-hydrogen) atoms. The molecule has 0 radical (unpaired) electrons. The lowest BCUT2D eigenvalue weighted by Crippen LogP contribution is -2.33. The van der Waals surface area contributed by atoms with Crippen molar-refractivity contribution in [2.45, 2.75) is 65.8 Å². The van der Waals surface area contributed by atoms with Crippen molar-refractivity contribution in [3.63, 3.8) is 0 Å². The Kier molecular flexibility index (Phi) is 9.34. The molecule has 3 aromatic carbocycles. The molecule has 224 valence electrons.